The van der Waals surface area contributed by atoms with Gasteiger partial charge in [0.2, 0.25) is 0 Å². The molecule has 0 aliphatic carbocycles. The third-order valence-electron chi connectivity index (χ3n) is 4.51. The quantitative estimate of drug-likeness (QED) is 0.161. The lowest BCUT2D eigenvalue weighted by atomic mass is 10.1. The molecule has 4 aromatic rings. The van der Waals surface area contributed by atoms with E-state index in [2.05, 4.69) is 4.98 Å². The number of rotatable bonds is 7. The summed E-state index contributed by atoms with van der Waals surface area (Å²) in [7, 11) is 1.73. The van der Waals surface area contributed by atoms with Gasteiger partial charge in [0.15, 0.2) is 10.9 Å². The van der Waals surface area contributed by atoms with E-state index in [1.165, 1.54) is 47.4 Å². The molecule has 4 rings (SSSR count). The molecule has 1 aromatic carbocycles. The second kappa shape index (κ2) is 8.61. The van der Waals surface area contributed by atoms with Crippen LogP contribution in [0.1, 0.15) is 23.2 Å². The first kappa shape index (κ1) is 20.0. The predicted octanol–water partition coefficient (Wildman–Crippen LogP) is 5.62. The molecule has 0 N–H and O–H groups in total. The van der Waals surface area contributed by atoms with E-state index in [4.69, 9.17) is 0 Å². The number of carbonyl (C=O) groups is 1. The van der Waals surface area contributed by atoms with Crippen molar-refractivity contribution in [2.75, 3.05) is 5.75 Å². The molecule has 0 radical (unpaired) electrons. The fourth-order valence-corrected chi connectivity index (χ4v) is 5.69. The van der Waals surface area contributed by atoms with Gasteiger partial charge >= 0.3 is 0 Å². The van der Waals surface area contributed by atoms with Crippen LogP contribution in [-0.4, -0.2) is 21.1 Å². The molecule has 0 fully saturated rings. The molecule has 3 heterocycles. The van der Waals surface area contributed by atoms with Crippen LogP contribution in [0.15, 0.2) is 57.1 Å². The van der Waals surface area contributed by atoms with Crippen molar-refractivity contribution >= 4 is 50.4 Å². The summed E-state index contributed by atoms with van der Waals surface area (Å²) in [4.78, 5) is 31.6. The summed E-state index contributed by atoms with van der Waals surface area (Å²) in [5.74, 6) is 0.305. The van der Waals surface area contributed by atoms with E-state index in [1.54, 1.807) is 23.0 Å². The van der Waals surface area contributed by atoms with Crippen LogP contribution in [0.25, 0.3) is 20.7 Å². The Balaban J connectivity index is 1.45. The fourth-order valence-electron chi connectivity index (χ4n) is 2.97. The van der Waals surface area contributed by atoms with Crippen molar-refractivity contribution in [3.05, 3.63) is 68.9 Å². The fraction of sp³-hybridized carbons (Fsp3) is 0.190. The highest BCUT2D eigenvalue weighted by Crippen LogP contribution is 2.34. The number of thioether (sulfide) groups is 1. The molecule has 0 aliphatic heterocycles. The van der Waals surface area contributed by atoms with Crippen molar-refractivity contribution in [3.63, 3.8) is 0 Å². The number of hydrogen-bond acceptors (Lipinski definition) is 6. The zero-order valence-electron chi connectivity index (χ0n) is 15.6. The summed E-state index contributed by atoms with van der Waals surface area (Å²) >= 11 is 4.55. The minimum absolute atomic E-state index is 0.0123. The standard InChI is InChI=1S/C21H17FN2O2S3/c1-24-20(26)18-15(17-5-3-10-27-17)12-29-19(18)23-21(24)28-11-2-4-16(25)13-6-8-14(22)9-7-13/h3,5-10,12H,2,4,11H2,1H3. The molecule has 0 unspecified atom stereocenters. The van der Waals surface area contributed by atoms with Crippen LogP contribution >= 0.6 is 34.4 Å². The van der Waals surface area contributed by atoms with Gasteiger partial charge in [0, 0.05) is 40.6 Å². The summed E-state index contributed by atoms with van der Waals surface area (Å²) < 4.78 is 14.5. The first-order valence-electron chi connectivity index (χ1n) is 8.98. The molecule has 0 atom stereocenters. The van der Waals surface area contributed by atoms with Gasteiger partial charge in [-0.15, -0.1) is 22.7 Å². The summed E-state index contributed by atoms with van der Waals surface area (Å²) in [6, 6.07) is 9.58. The molecule has 0 aliphatic rings. The van der Waals surface area contributed by atoms with Gasteiger partial charge in [0.05, 0.1) is 5.39 Å². The topological polar surface area (TPSA) is 52.0 Å². The number of Topliss-reactive ketones (excluding diaryl/α,β-unsaturated/α-hetero) is 1. The van der Waals surface area contributed by atoms with Crippen LogP contribution < -0.4 is 5.56 Å². The van der Waals surface area contributed by atoms with Gasteiger partial charge in [-0.3, -0.25) is 14.2 Å². The van der Waals surface area contributed by atoms with Crippen molar-refractivity contribution in [3.8, 4) is 10.4 Å². The molecule has 8 heteroatoms. The highest BCUT2D eigenvalue weighted by Gasteiger charge is 2.16. The van der Waals surface area contributed by atoms with E-state index in [0.29, 0.717) is 34.7 Å². The van der Waals surface area contributed by atoms with Crippen LogP contribution in [0.3, 0.4) is 0 Å². The smallest absolute Gasteiger partial charge is 0.263 e. The molecule has 29 heavy (non-hydrogen) atoms. The second-order valence-electron chi connectivity index (χ2n) is 6.45. The molecule has 4 nitrogen and oxygen atoms in total. The third kappa shape index (κ3) is 4.19. The van der Waals surface area contributed by atoms with Crippen molar-refractivity contribution in [1.82, 2.24) is 9.55 Å². The van der Waals surface area contributed by atoms with Gasteiger partial charge in [-0.05, 0) is 42.1 Å². The number of ketones is 1. The number of fused-ring (bicyclic) bond motifs is 1. The van der Waals surface area contributed by atoms with Gasteiger partial charge < -0.3 is 0 Å². The monoisotopic (exact) mass is 444 g/mol. The average molecular weight is 445 g/mol. The largest absolute Gasteiger partial charge is 0.294 e. The Morgan fingerprint density at radius 3 is 2.72 bits per heavy atom. The van der Waals surface area contributed by atoms with E-state index in [-0.39, 0.29) is 17.2 Å². The third-order valence-corrected chi connectivity index (χ3v) is 7.40. The number of nitrogens with zero attached hydrogens (tertiary/aromatic N) is 2. The maximum absolute atomic E-state index is 13.0. The lowest BCUT2D eigenvalue weighted by molar-refractivity contribution is 0.0982. The minimum Gasteiger partial charge on any atom is -0.294 e. The average Bonchev–Trinajstić information content (AvgIpc) is 3.38. The van der Waals surface area contributed by atoms with Crippen LogP contribution in [0.2, 0.25) is 0 Å². The Kier molecular flexibility index (Phi) is 5.94. The Hall–Kier alpha value is -2.29. The molecule has 0 spiro atoms. The van der Waals surface area contributed by atoms with Crippen molar-refractivity contribution < 1.29 is 9.18 Å². The van der Waals surface area contributed by atoms with Crippen molar-refractivity contribution in [2.24, 2.45) is 7.05 Å². The summed E-state index contributed by atoms with van der Waals surface area (Å²) in [5, 5.41) is 5.29. The van der Waals surface area contributed by atoms with E-state index >= 15 is 0 Å². The van der Waals surface area contributed by atoms with Gasteiger partial charge in [-0.2, -0.15) is 0 Å². The first-order chi connectivity index (χ1) is 14.0. The summed E-state index contributed by atoms with van der Waals surface area (Å²) in [5.41, 5.74) is 1.40. The maximum atomic E-state index is 13.0. The highest BCUT2D eigenvalue weighted by molar-refractivity contribution is 7.99. The number of thiophene rings is 2. The Morgan fingerprint density at radius 1 is 1.21 bits per heavy atom. The molecule has 0 bridgehead atoms. The lowest BCUT2D eigenvalue weighted by Crippen LogP contribution is -2.19. The molecule has 0 saturated heterocycles. The Morgan fingerprint density at radius 2 is 2.00 bits per heavy atom. The van der Waals surface area contributed by atoms with Gasteiger partial charge in [-0.1, -0.05) is 17.8 Å². The lowest BCUT2D eigenvalue weighted by Gasteiger charge is -2.07. The molecule has 0 amide bonds. The van der Waals surface area contributed by atoms with E-state index in [9.17, 15) is 14.0 Å². The van der Waals surface area contributed by atoms with E-state index < -0.39 is 0 Å². The van der Waals surface area contributed by atoms with E-state index in [0.717, 1.165) is 15.3 Å². The Labute approximate surface area is 179 Å². The maximum Gasteiger partial charge on any atom is 0.263 e. The minimum atomic E-state index is -0.352. The summed E-state index contributed by atoms with van der Waals surface area (Å²) in [6.07, 6.45) is 1.02. The predicted molar refractivity (Wildman–Crippen MR) is 119 cm³/mol. The number of aromatic nitrogens is 2. The van der Waals surface area contributed by atoms with Crippen LogP contribution in [0.5, 0.6) is 0 Å². The van der Waals surface area contributed by atoms with Gasteiger partial charge in [0.1, 0.15) is 10.6 Å². The van der Waals surface area contributed by atoms with Crippen LogP contribution in [0.4, 0.5) is 4.39 Å². The van der Waals surface area contributed by atoms with Gasteiger partial charge in [0.25, 0.3) is 5.56 Å². The van der Waals surface area contributed by atoms with Crippen molar-refractivity contribution in [2.45, 2.75) is 18.0 Å². The van der Waals surface area contributed by atoms with Gasteiger partial charge in [-0.25, -0.2) is 9.37 Å². The SMILES string of the molecule is Cn1c(SCCCC(=O)c2ccc(F)cc2)nc2scc(-c3cccs3)c2c1=O. The normalized spacial score (nSPS) is 11.2. The second-order valence-corrected chi connectivity index (χ2v) is 9.32. The first-order valence-corrected chi connectivity index (χ1v) is 11.7. The molecular weight excluding hydrogens is 427 g/mol. The molecule has 3 aromatic heterocycles. The van der Waals surface area contributed by atoms with Crippen LogP contribution in [0, 0.1) is 5.82 Å². The number of carbonyl (C=O) groups excluding carboxylic acids is 1. The number of halogens is 1. The Bertz CT molecular complexity index is 1210. The zero-order valence-corrected chi connectivity index (χ0v) is 18.0. The summed E-state index contributed by atoms with van der Waals surface area (Å²) in [6.45, 7) is 0. The molecule has 148 valence electrons. The molecular formula is C21H17FN2O2S3. The van der Waals surface area contributed by atoms with Crippen molar-refractivity contribution in [1.29, 1.82) is 0 Å². The zero-order chi connectivity index (χ0) is 20.4. The number of benzene rings is 1. The number of hydrogen-bond donors (Lipinski definition) is 0. The van der Waals surface area contributed by atoms with Crippen LogP contribution in [-0.2, 0) is 7.05 Å². The highest BCUT2D eigenvalue weighted by atomic mass is 32.2. The molecule has 0 saturated carbocycles. The van der Waals surface area contributed by atoms with E-state index in [1.807, 2.05) is 22.9 Å².